The van der Waals surface area contributed by atoms with Crippen LogP contribution in [0.3, 0.4) is 0 Å². The van der Waals surface area contributed by atoms with Gasteiger partial charge in [0.05, 0.1) is 26.7 Å². The van der Waals surface area contributed by atoms with E-state index in [0.29, 0.717) is 126 Å². The smallest absolute Gasteiger partial charge is 0.295 e. The van der Waals surface area contributed by atoms with Crippen molar-refractivity contribution in [2.75, 3.05) is 36.0 Å². The van der Waals surface area contributed by atoms with Crippen LogP contribution in [0.2, 0.25) is 0 Å². The van der Waals surface area contributed by atoms with Crippen LogP contribution in [-0.2, 0) is 89.3 Å². The number of rotatable bonds is 33. The summed E-state index contributed by atoms with van der Waals surface area (Å²) >= 11 is 0. The Morgan fingerprint density at radius 3 is 1.80 bits per heavy atom. The zero-order valence-electron chi connectivity index (χ0n) is 57.1. The first-order valence-electron chi connectivity index (χ1n) is 33.0. The lowest BCUT2D eigenvalue weighted by molar-refractivity contribution is -0.437. The SMILES string of the molecule is Cc1cc(CN)cc(Oc2cccc(C(=O)NCCCCCCCC(=O)CCCCc3cccc(C(C=CC4=[N+](CCCS(=O)(=O)O)c5ccc6c(S(=O)(=O)O)cc(S(=O)(=O)O)cc6c5C4(C)C)=CC=C4N(CCCS(=O)(=O)O)c5ccc6c(S(=O)(=O)O)cc(S(=O)(=O)O)cc6c5C4(C)C)c3)c2)n1. The highest BCUT2D eigenvalue weighted by molar-refractivity contribution is 7.87. The van der Waals surface area contributed by atoms with E-state index in [1.807, 2.05) is 37.3 Å². The molecule has 0 radical (unpaired) electrons. The number of aromatic nitrogens is 1. The summed E-state index contributed by atoms with van der Waals surface area (Å²) in [7, 11) is -29.6. The number of aryl methyl sites for hydroxylation is 2. The van der Waals surface area contributed by atoms with Crippen molar-refractivity contribution in [2.24, 2.45) is 5.73 Å². The maximum Gasteiger partial charge on any atom is 0.295 e. The van der Waals surface area contributed by atoms with E-state index in [1.54, 1.807) is 91.8 Å². The van der Waals surface area contributed by atoms with Gasteiger partial charge in [-0.2, -0.15) is 55.1 Å². The van der Waals surface area contributed by atoms with Gasteiger partial charge in [-0.05, 0) is 171 Å². The minimum Gasteiger partial charge on any atom is -0.439 e. The average Bonchev–Trinajstić information content (AvgIpc) is 1.60. The van der Waals surface area contributed by atoms with Crippen LogP contribution in [0, 0.1) is 6.92 Å². The van der Waals surface area contributed by atoms with Crippen LogP contribution < -0.4 is 20.7 Å². The summed E-state index contributed by atoms with van der Waals surface area (Å²) in [4.78, 5) is 28.9. The van der Waals surface area contributed by atoms with Crippen LogP contribution in [0.25, 0.3) is 27.1 Å². The fraction of sp³-hybridized carbons (Fsp3) is 0.352. The number of ether oxygens (including phenoxy) is 1. The summed E-state index contributed by atoms with van der Waals surface area (Å²) in [5.41, 5.74) is 9.34. The number of anilines is 1. The molecule has 0 spiro atoms. The van der Waals surface area contributed by atoms with E-state index in [4.69, 9.17) is 10.5 Å². The number of hydrogen-bond acceptors (Lipinski definition) is 18. The van der Waals surface area contributed by atoms with E-state index >= 15 is 0 Å². The number of amides is 1. The molecule has 32 heteroatoms. The molecule has 9 rings (SSSR count). The molecular formula is C71H82N5O21S6+. The molecule has 103 heavy (non-hydrogen) atoms. The summed E-state index contributed by atoms with van der Waals surface area (Å²) < 4.78 is 220. The van der Waals surface area contributed by atoms with E-state index in [2.05, 4.69) is 10.3 Å². The highest BCUT2D eigenvalue weighted by Crippen LogP contribution is 2.52. The molecule has 6 aromatic carbocycles. The Kier molecular flexibility index (Phi) is 24.1. The van der Waals surface area contributed by atoms with Crippen LogP contribution >= 0.6 is 0 Å². The fourth-order valence-electron chi connectivity index (χ4n) is 13.5. The van der Waals surface area contributed by atoms with Crippen molar-refractivity contribution in [2.45, 2.75) is 149 Å². The number of carbonyl (C=O) groups is 2. The molecular weight excluding hydrogens is 1450 g/mol. The Balaban J connectivity index is 0.993. The minimum absolute atomic E-state index is 0.0156. The molecule has 26 nitrogen and oxygen atoms in total. The summed E-state index contributed by atoms with van der Waals surface area (Å²) in [6, 6.07) is 26.9. The molecule has 3 heterocycles. The summed E-state index contributed by atoms with van der Waals surface area (Å²) in [6.45, 7) is 9.33. The third-order valence-electron chi connectivity index (χ3n) is 18.2. The molecule has 2 aliphatic rings. The van der Waals surface area contributed by atoms with Gasteiger partial charge < -0.3 is 20.7 Å². The standard InChI is InChI=1S/C71H81N5O21S6/c1-46-37-48(45-72)39-66(74-46)97-53-23-14-20-51(40-53)69(78)73-32-12-8-6-7-9-21-52(77)22-11-10-17-47-18-13-19-50(38-47)49(24-30-64-70(2,3)67-58-41-54(100(85,86)87)43-62(102(91,92)93)56(58)26-28-60(67)75(64)33-15-35-98(79,80)81)25-31-65-71(4,5)68-59-42-55(101(88,89)90)44-63(103(94,95)96)57(59)27-29-61(68)76(65)34-16-36-99(82,83)84/h13-14,18-20,23-31,37-44H,6-12,15-17,21-22,32-36,45,72H2,1-5H3,(H6-,73,78,79,80,81,82,83,84,85,86,87,88,89,90,91,92,93,94,95,96)/p+1. The maximum atomic E-state index is 13.2. The number of nitrogens with one attached hydrogen (secondary N) is 1. The number of ketones is 1. The number of Topliss-reactive ketones (excluding diaryl/α,β-unsaturated/α-hetero) is 1. The molecule has 0 fully saturated rings. The minimum atomic E-state index is -5.15. The van der Waals surface area contributed by atoms with Gasteiger partial charge in [0.2, 0.25) is 11.6 Å². The second kappa shape index (κ2) is 31.4. The fourth-order valence-corrected chi connectivity index (χ4v) is 17.2. The van der Waals surface area contributed by atoms with Crippen molar-refractivity contribution < 1.29 is 96.7 Å². The van der Waals surface area contributed by atoms with Gasteiger partial charge in [-0.25, -0.2) is 4.98 Å². The molecule has 0 bridgehead atoms. The van der Waals surface area contributed by atoms with E-state index in [-0.39, 0.29) is 59.2 Å². The molecule has 1 amide bonds. The average molecular weight is 1530 g/mol. The number of fused-ring (bicyclic) bond motifs is 6. The topological polar surface area (TPSA) is 427 Å². The Labute approximate surface area is 600 Å². The second-order valence-electron chi connectivity index (χ2n) is 26.6. The zero-order valence-corrected chi connectivity index (χ0v) is 62.0. The van der Waals surface area contributed by atoms with Gasteiger partial charge in [0.15, 0.2) is 5.71 Å². The lowest BCUT2D eigenvalue weighted by Crippen LogP contribution is -2.28. The van der Waals surface area contributed by atoms with Gasteiger partial charge in [-0.1, -0.05) is 75.6 Å². The second-order valence-corrected chi connectivity index (χ2v) is 35.4. The molecule has 2 aliphatic heterocycles. The highest BCUT2D eigenvalue weighted by Gasteiger charge is 2.47. The molecule has 9 N–H and O–H groups in total. The van der Waals surface area contributed by atoms with Gasteiger partial charge in [0, 0.05) is 101 Å². The summed E-state index contributed by atoms with van der Waals surface area (Å²) in [5.74, 6) is -0.663. The van der Waals surface area contributed by atoms with Gasteiger partial charge in [-0.3, -0.25) is 36.9 Å². The van der Waals surface area contributed by atoms with Crippen molar-refractivity contribution in [3.8, 4) is 11.6 Å². The van der Waals surface area contributed by atoms with Crippen molar-refractivity contribution in [1.82, 2.24) is 10.3 Å². The zero-order chi connectivity index (χ0) is 75.4. The van der Waals surface area contributed by atoms with E-state index < -0.39 is 103 Å². The summed E-state index contributed by atoms with van der Waals surface area (Å²) in [6.07, 6.45) is 13.0. The number of nitrogens with zero attached hydrogens (tertiary/aromatic N) is 3. The molecule has 552 valence electrons. The van der Waals surface area contributed by atoms with Crippen LogP contribution in [0.15, 0.2) is 159 Å². The predicted molar refractivity (Wildman–Crippen MR) is 390 cm³/mol. The third-order valence-corrected chi connectivity index (χ3v) is 23.3. The van der Waals surface area contributed by atoms with E-state index in [0.717, 1.165) is 54.6 Å². The van der Waals surface area contributed by atoms with Gasteiger partial charge in [0.1, 0.15) is 27.9 Å². The Bertz CT molecular complexity index is 5380. The van der Waals surface area contributed by atoms with Crippen molar-refractivity contribution >= 4 is 117 Å². The monoisotopic (exact) mass is 1530 g/mol. The van der Waals surface area contributed by atoms with Gasteiger partial charge >= 0.3 is 0 Å². The molecule has 1 aromatic heterocycles. The first kappa shape index (κ1) is 79.2. The lowest BCUT2D eigenvalue weighted by Gasteiger charge is -2.27. The maximum absolute atomic E-state index is 13.2. The third kappa shape index (κ3) is 19.5. The Morgan fingerprint density at radius 1 is 0.592 bits per heavy atom. The Hall–Kier alpha value is -7.96. The first-order valence-corrected chi connectivity index (χ1v) is 41.9. The normalized spacial score (nSPS) is 15.4. The number of pyridine rings is 1. The summed E-state index contributed by atoms with van der Waals surface area (Å²) in [5, 5.41) is 2.69. The molecule has 0 atom stereocenters. The first-order chi connectivity index (χ1) is 48.0. The largest absolute Gasteiger partial charge is 0.439 e. The van der Waals surface area contributed by atoms with Crippen molar-refractivity contribution in [1.29, 1.82) is 0 Å². The number of allylic oxidation sites excluding steroid dienone is 6. The highest BCUT2D eigenvalue weighted by atomic mass is 32.2. The van der Waals surface area contributed by atoms with Crippen LogP contribution in [0.5, 0.6) is 11.6 Å². The van der Waals surface area contributed by atoms with Crippen molar-refractivity contribution in [3.63, 3.8) is 0 Å². The molecule has 7 aromatic rings. The van der Waals surface area contributed by atoms with E-state index in [1.165, 1.54) is 24.3 Å². The number of nitrogens with two attached hydrogens (primary N) is 1. The van der Waals surface area contributed by atoms with Crippen LogP contribution in [0.1, 0.15) is 142 Å². The number of unbranched alkanes of at least 4 members (excludes halogenated alkanes) is 5. The predicted octanol–water partition coefficient (Wildman–Crippen LogP) is 11.2. The Morgan fingerprint density at radius 2 is 1.17 bits per heavy atom. The lowest BCUT2D eigenvalue weighted by atomic mass is 9.78. The molecule has 0 saturated heterocycles. The number of benzene rings is 6. The van der Waals surface area contributed by atoms with Crippen LogP contribution in [0.4, 0.5) is 11.4 Å². The van der Waals surface area contributed by atoms with Gasteiger partial charge in [0.25, 0.3) is 66.6 Å². The van der Waals surface area contributed by atoms with Crippen LogP contribution in [-0.4, -0.2) is 136 Å². The molecule has 0 unspecified atom stereocenters. The number of carbonyl (C=O) groups excluding carboxylic acids is 2. The van der Waals surface area contributed by atoms with E-state index in [9.17, 15) is 87.4 Å². The van der Waals surface area contributed by atoms with Gasteiger partial charge in [-0.15, -0.1) is 0 Å². The quantitative estimate of drug-likeness (QED) is 0.00819. The van der Waals surface area contributed by atoms with Crippen molar-refractivity contribution in [3.05, 3.63) is 178 Å². The number of hydrogen-bond donors (Lipinski definition) is 8. The molecule has 0 saturated carbocycles. The molecule has 0 aliphatic carbocycles.